The van der Waals surface area contributed by atoms with Crippen LogP contribution in [0.25, 0.3) is 5.57 Å². The van der Waals surface area contributed by atoms with Gasteiger partial charge in [0.2, 0.25) is 0 Å². The van der Waals surface area contributed by atoms with E-state index >= 15 is 0 Å². The molecule has 0 aromatic carbocycles. The van der Waals surface area contributed by atoms with E-state index in [0.717, 1.165) is 44.3 Å². The van der Waals surface area contributed by atoms with Gasteiger partial charge < -0.3 is 14.6 Å². The maximum absolute atomic E-state index is 14.5. The van der Waals surface area contributed by atoms with E-state index in [4.69, 9.17) is 0 Å². The van der Waals surface area contributed by atoms with Crippen molar-refractivity contribution in [3.63, 3.8) is 0 Å². The Morgan fingerprint density at radius 1 is 1.16 bits per heavy atom. The number of hydrogen-bond acceptors (Lipinski definition) is 3. The van der Waals surface area contributed by atoms with Crippen LogP contribution < -0.4 is 4.72 Å². The van der Waals surface area contributed by atoms with Gasteiger partial charge in [0.15, 0.2) is 0 Å². The van der Waals surface area contributed by atoms with Gasteiger partial charge in [-0.15, -0.1) is 0 Å². The number of aliphatic carboxylic acids is 1. The molecule has 0 bridgehead atoms. The number of halogens is 3. The second kappa shape index (κ2) is 13.5. The Labute approximate surface area is 255 Å². The Bertz CT molecular complexity index is 1310. The number of likely N-dealkylation sites (tertiary alicyclic amines) is 1. The van der Waals surface area contributed by atoms with E-state index in [9.17, 15) is 32.1 Å². The number of amides is 1. The van der Waals surface area contributed by atoms with Crippen LogP contribution in [0.15, 0.2) is 35.3 Å². The van der Waals surface area contributed by atoms with E-state index in [0.29, 0.717) is 42.3 Å². The monoisotopic (exact) mass is 625 g/mol. The summed E-state index contributed by atoms with van der Waals surface area (Å²) in [6.07, 6.45) is 3.17. The minimum Gasteiger partial charge on any atom is -0.481 e. The maximum atomic E-state index is 14.5. The topological polar surface area (TPSA) is 91.6 Å². The van der Waals surface area contributed by atoms with Crippen molar-refractivity contribution in [2.75, 3.05) is 13.1 Å². The molecule has 0 radical (unpaired) electrons. The number of carbonyl (C=O) groups is 2. The summed E-state index contributed by atoms with van der Waals surface area (Å²) in [4.78, 5) is 26.6. The first-order valence-electron chi connectivity index (χ1n) is 14.9. The molecular formula is C32H46F3N3O4S. The smallest absolute Gasteiger partial charge is 0.417 e. The van der Waals surface area contributed by atoms with E-state index in [1.807, 2.05) is 11.5 Å². The lowest BCUT2D eigenvalue weighted by molar-refractivity contribution is -0.150. The maximum Gasteiger partial charge on any atom is 0.417 e. The molecule has 0 spiro atoms. The molecule has 2 aliphatic rings. The van der Waals surface area contributed by atoms with Crippen molar-refractivity contribution in [1.29, 1.82) is 0 Å². The summed E-state index contributed by atoms with van der Waals surface area (Å²) in [6.45, 7) is 14.9. The van der Waals surface area contributed by atoms with Crippen LogP contribution >= 0.6 is 0 Å². The predicted molar refractivity (Wildman–Crippen MR) is 165 cm³/mol. The minimum atomic E-state index is -4.81. The molecule has 2 heterocycles. The fourth-order valence-electron chi connectivity index (χ4n) is 5.84. The van der Waals surface area contributed by atoms with Crippen LogP contribution in [0.2, 0.25) is 0 Å². The van der Waals surface area contributed by atoms with Gasteiger partial charge in [0.05, 0.1) is 21.5 Å². The van der Waals surface area contributed by atoms with Gasteiger partial charge in [-0.1, -0.05) is 31.9 Å². The van der Waals surface area contributed by atoms with Crippen LogP contribution in [0.4, 0.5) is 13.2 Å². The van der Waals surface area contributed by atoms with Crippen LogP contribution in [0.5, 0.6) is 0 Å². The number of piperidine rings is 1. The number of rotatable bonds is 9. The van der Waals surface area contributed by atoms with E-state index < -0.39 is 44.6 Å². The fourth-order valence-corrected chi connectivity index (χ4v) is 7.03. The van der Waals surface area contributed by atoms with Gasteiger partial charge in [-0.3, -0.25) is 9.59 Å². The molecule has 1 aromatic rings. The van der Waals surface area contributed by atoms with E-state index in [2.05, 4.69) is 11.3 Å². The molecule has 240 valence electrons. The number of carboxylic acid groups (broad SMARTS) is 1. The van der Waals surface area contributed by atoms with Gasteiger partial charge in [-0.05, 0) is 90.9 Å². The Hall–Kier alpha value is -2.66. The molecule has 1 aliphatic heterocycles. The highest BCUT2D eigenvalue weighted by Crippen LogP contribution is 2.36. The van der Waals surface area contributed by atoms with Gasteiger partial charge in [-0.25, -0.2) is 8.93 Å². The van der Waals surface area contributed by atoms with Gasteiger partial charge in [0, 0.05) is 36.6 Å². The summed E-state index contributed by atoms with van der Waals surface area (Å²) in [7, 11) is -2.17. The average Bonchev–Trinajstić information content (AvgIpc) is 3.23. The van der Waals surface area contributed by atoms with Crippen LogP contribution in [0.3, 0.4) is 0 Å². The second-order valence-electron chi connectivity index (χ2n) is 13.2. The molecule has 2 fully saturated rings. The predicted octanol–water partition coefficient (Wildman–Crippen LogP) is 7.16. The normalized spacial score (nSPS) is 20.0. The van der Waals surface area contributed by atoms with Gasteiger partial charge in [0.1, 0.15) is 11.0 Å². The second-order valence-corrected chi connectivity index (χ2v) is 14.4. The molecule has 1 aromatic heterocycles. The van der Waals surface area contributed by atoms with Crippen LogP contribution in [0.1, 0.15) is 101 Å². The van der Waals surface area contributed by atoms with Crippen molar-refractivity contribution in [3.05, 3.63) is 52.2 Å². The summed E-state index contributed by atoms with van der Waals surface area (Å²) in [5.74, 6) is -0.802. The van der Waals surface area contributed by atoms with E-state index in [-0.39, 0.29) is 24.6 Å². The molecule has 1 saturated heterocycles. The lowest BCUT2D eigenvalue weighted by Crippen LogP contribution is -2.45. The minimum absolute atomic E-state index is 0.254. The highest BCUT2D eigenvalue weighted by molar-refractivity contribution is 7.87. The van der Waals surface area contributed by atoms with Crippen molar-refractivity contribution >= 4 is 28.4 Å². The van der Waals surface area contributed by atoms with Crippen LogP contribution in [-0.4, -0.2) is 55.5 Å². The number of carbonyl (C=O) groups excluding carboxylic acids is 1. The first-order valence-corrected chi connectivity index (χ1v) is 16.1. The zero-order valence-electron chi connectivity index (χ0n) is 26.2. The molecule has 2 N–H and O–H groups in total. The lowest BCUT2D eigenvalue weighted by Gasteiger charge is -2.36. The van der Waals surface area contributed by atoms with Crippen molar-refractivity contribution < 1.29 is 32.1 Å². The third-order valence-electron chi connectivity index (χ3n) is 8.55. The largest absolute Gasteiger partial charge is 0.481 e. The molecule has 1 saturated carbocycles. The molecule has 11 heteroatoms. The SMILES string of the molecule is C=C/C(=C(\C=C(/C)c1cc(C(=O)N2CCC(C)(C(=O)O)CC2)c(C)n1CC1CCCCC1)C(F)(F)F)S(=O)NC(C)(C)C. The van der Waals surface area contributed by atoms with Gasteiger partial charge in [0.25, 0.3) is 5.91 Å². The molecular weight excluding hydrogens is 579 g/mol. The van der Waals surface area contributed by atoms with Crippen molar-refractivity contribution in [2.24, 2.45) is 11.3 Å². The Balaban J connectivity index is 2.09. The molecule has 7 nitrogen and oxygen atoms in total. The van der Waals surface area contributed by atoms with Gasteiger partial charge >= 0.3 is 12.1 Å². The Morgan fingerprint density at radius 2 is 1.74 bits per heavy atom. The quantitative estimate of drug-likeness (QED) is 0.285. The molecule has 43 heavy (non-hydrogen) atoms. The molecule has 1 unspecified atom stereocenters. The van der Waals surface area contributed by atoms with E-state index in [1.165, 1.54) is 0 Å². The van der Waals surface area contributed by atoms with Gasteiger partial charge in [-0.2, -0.15) is 13.2 Å². The number of hydrogen-bond donors (Lipinski definition) is 2. The third-order valence-corrected chi connectivity index (χ3v) is 10.1. The lowest BCUT2D eigenvalue weighted by atomic mass is 9.80. The fraction of sp³-hybridized carbons (Fsp3) is 0.625. The number of nitrogens with zero attached hydrogens (tertiary/aromatic N) is 2. The van der Waals surface area contributed by atoms with Crippen molar-refractivity contribution in [2.45, 2.75) is 105 Å². The Kier molecular flexibility index (Phi) is 11.0. The van der Waals surface area contributed by atoms with E-state index in [1.54, 1.807) is 45.6 Å². The molecule has 1 aliphatic carbocycles. The zero-order chi connectivity index (χ0) is 32.3. The first kappa shape index (κ1) is 34.8. The number of nitrogens with one attached hydrogen (secondary N) is 1. The van der Waals surface area contributed by atoms with Crippen LogP contribution in [0, 0.1) is 18.3 Å². The number of allylic oxidation sites excluding steroid dienone is 4. The number of alkyl halides is 3. The summed E-state index contributed by atoms with van der Waals surface area (Å²) in [5.41, 5.74) is -0.801. The average molecular weight is 626 g/mol. The summed E-state index contributed by atoms with van der Waals surface area (Å²) >= 11 is 0. The standard InChI is InChI=1S/C32H46F3N3O4S/c1-8-27(43(42)36-30(4,5)6)25(32(33,34)35)18-21(2)26-19-24(22(3)38(26)20-23-12-10-9-11-13-23)28(39)37-16-14-31(7,15-17-37)29(40)41/h8,18-19,23,36H,1,9-17,20H2,2-7H3,(H,40,41)/b21-18+,27-25-. The molecule has 1 amide bonds. The number of aromatic nitrogens is 1. The summed E-state index contributed by atoms with van der Waals surface area (Å²) in [6, 6.07) is 1.66. The number of carboxylic acids is 1. The summed E-state index contributed by atoms with van der Waals surface area (Å²) in [5, 5.41) is 9.59. The Morgan fingerprint density at radius 3 is 2.23 bits per heavy atom. The van der Waals surface area contributed by atoms with Crippen molar-refractivity contribution in [3.8, 4) is 0 Å². The highest BCUT2D eigenvalue weighted by Gasteiger charge is 2.39. The summed E-state index contributed by atoms with van der Waals surface area (Å²) < 4.78 is 61.0. The van der Waals surface area contributed by atoms with Crippen LogP contribution in [-0.2, 0) is 22.3 Å². The first-order chi connectivity index (χ1) is 19.9. The third kappa shape index (κ3) is 8.50. The molecule has 1 atom stereocenters. The highest BCUT2D eigenvalue weighted by atomic mass is 32.2. The van der Waals surface area contributed by atoms with Crippen molar-refractivity contribution in [1.82, 2.24) is 14.2 Å². The zero-order valence-corrected chi connectivity index (χ0v) is 27.0. The molecule has 3 rings (SSSR count).